The van der Waals surface area contributed by atoms with Crippen molar-refractivity contribution in [3.8, 4) is 5.75 Å². The second-order valence-electron chi connectivity index (χ2n) is 6.86. The summed E-state index contributed by atoms with van der Waals surface area (Å²) in [5, 5.41) is 2.79. The molecule has 1 N–H and O–H groups in total. The zero-order valence-corrected chi connectivity index (χ0v) is 16.6. The molecule has 9 nitrogen and oxygen atoms in total. The van der Waals surface area contributed by atoms with Crippen molar-refractivity contribution in [2.75, 3.05) is 44.2 Å². The number of nitrogens with zero attached hydrogens (tertiary/aromatic N) is 5. The van der Waals surface area contributed by atoms with Crippen LogP contribution < -0.4 is 15.0 Å². The SMILES string of the molecule is O=C(NCCOc1ccccc1)c1coc(CN2CCN(c3ncccn3)CC2)n1. The molecule has 9 heteroatoms. The molecule has 1 aromatic carbocycles. The second-order valence-corrected chi connectivity index (χ2v) is 6.86. The van der Waals surface area contributed by atoms with Gasteiger partial charge >= 0.3 is 0 Å². The number of amides is 1. The molecule has 1 amide bonds. The summed E-state index contributed by atoms with van der Waals surface area (Å²) >= 11 is 0. The lowest BCUT2D eigenvalue weighted by Gasteiger charge is -2.33. The van der Waals surface area contributed by atoms with E-state index in [1.54, 1.807) is 12.4 Å². The van der Waals surface area contributed by atoms with Gasteiger partial charge in [0.25, 0.3) is 5.91 Å². The van der Waals surface area contributed by atoms with E-state index in [0.29, 0.717) is 25.6 Å². The van der Waals surface area contributed by atoms with Crippen LogP contribution in [0.3, 0.4) is 0 Å². The number of nitrogens with one attached hydrogen (secondary N) is 1. The summed E-state index contributed by atoms with van der Waals surface area (Å²) < 4.78 is 11.1. The molecule has 0 spiro atoms. The molecule has 0 saturated carbocycles. The van der Waals surface area contributed by atoms with Gasteiger partial charge in [0, 0.05) is 38.6 Å². The molecular weight excluding hydrogens is 384 g/mol. The van der Waals surface area contributed by atoms with E-state index in [4.69, 9.17) is 9.15 Å². The Morgan fingerprint density at radius 3 is 2.60 bits per heavy atom. The van der Waals surface area contributed by atoms with Crippen molar-refractivity contribution in [2.24, 2.45) is 0 Å². The van der Waals surface area contributed by atoms with Crippen LogP contribution in [0.1, 0.15) is 16.4 Å². The number of hydrogen-bond acceptors (Lipinski definition) is 8. The summed E-state index contributed by atoms with van der Waals surface area (Å²) in [5.74, 6) is 1.79. The molecule has 1 saturated heterocycles. The van der Waals surface area contributed by atoms with E-state index in [-0.39, 0.29) is 11.6 Å². The van der Waals surface area contributed by atoms with Gasteiger partial charge in [0.1, 0.15) is 18.6 Å². The highest BCUT2D eigenvalue weighted by Gasteiger charge is 2.21. The lowest BCUT2D eigenvalue weighted by atomic mass is 10.3. The molecule has 30 heavy (non-hydrogen) atoms. The van der Waals surface area contributed by atoms with Crippen LogP contribution in [0.4, 0.5) is 5.95 Å². The maximum Gasteiger partial charge on any atom is 0.273 e. The summed E-state index contributed by atoms with van der Waals surface area (Å²) in [6, 6.07) is 11.3. The third-order valence-corrected chi connectivity index (χ3v) is 4.75. The van der Waals surface area contributed by atoms with Gasteiger partial charge < -0.3 is 19.4 Å². The number of carbonyl (C=O) groups excluding carboxylic acids is 1. The number of oxazole rings is 1. The van der Waals surface area contributed by atoms with Crippen molar-refractivity contribution in [2.45, 2.75) is 6.54 Å². The van der Waals surface area contributed by atoms with E-state index in [0.717, 1.165) is 37.9 Å². The number of anilines is 1. The van der Waals surface area contributed by atoms with Gasteiger partial charge in [-0.3, -0.25) is 9.69 Å². The fourth-order valence-electron chi connectivity index (χ4n) is 3.18. The molecule has 4 rings (SSSR count). The maximum absolute atomic E-state index is 12.2. The monoisotopic (exact) mass is 408 g/mol. The van der Waals surface area contributed by atoms with Crippen molar-refractivity contribution in [3.63, 3.8) is 0 Å². The first-order valence-corrected chi connectivity index (χ1v) is 9.93. The van der Waals surface area contributed by atoms with Gasteiger partial charge in [-0.15, -0.1) is 0 Å². The van der Waals surface area contributed by atoms with E-state index in [1.165, 1.54) is 6.26 Å². The van der Waals surface area contributed by atoms with Crippen molar-refractivity contribution < 1.29 is 13.9 Å². The second kappa shape index (κ2) is 9.84. The van der Waals surface area contributed by atoms with Gasteiger partial charge in [0.05, 0.1) is 13.1 Å². The Bertz CT molecular complexity index is 926. The third-order valence-electron chi connectivity index (χ3n) is 4.75. The molecule has 0 bridgehead atoms. The van der Waals surface area contributed by atoms with Crippen LogP contribution in [0.2, 0.25) is 0 Å². The molecule has 0 atom stereocenters. The van der Waals surface area contributed by atoms with Crippen LogP contribution in [-0.4, -0.2) is 65.1 Å². The summed E-state index contributed by atoms with van der Waals surface area (Å²) in [7, 11) is 0. The predicted octanol–water partition coefficient (Wildman–Crippen LogP) is 1.60. The van der Waals surface area contributed by atoms with Crippen molar-refractivity contribution in [1.29, 1.82) is 0 Å². The minimum absolute atomic E-state index is 0.271. The highest BCUT2D eigenvalue weighted by atomic mass is 16.5. The Hall–Kier alpha value is -3.46. The molecule has 3 aromatic rings. The molecule has 1 aliphatic rings. The average Bonchev–Trinajstić information content (AvgIpc) is 3.27. The van der Waals surface area contributed by atoms with E-state index in [2.05, 4.69) is 30.1 Å². The lowest BCUT2D eigenvalue weighted by molar-refractivity contribution is 0.0942. The van der Waals surface area contributed by atoms with Gasteiger partial charge in [-0.05, 0) is 18.2 Å². The van der Waals surface area contributed by atoms with Crippen LogP contribution in [0.5, 0.6) is 5.75 Å². The van der Waals surface area contributed by atoms with Gasteiger partial charge in [0.2, 0.25) is 11.8 Å². The predicted molar refractivity (Wildman–Crippen MR) is 110 cm³/mol. The Kier molecular flexibility index (Phi) is 6.51. The molecule has 2 aromatic heterocycles. The summed E-state index contributed by atoms with van der Waals surface area (Å²) in [4.78, 5) is 29.5. The fourth-order valence-corrected chi connectivity index (χ4v) is 3.18. The number of aromatic nitrogens is 3. The van der Waals surface area contributed by atoms with E-state index in [1.807, 2.05) is 36.4 Å². The summed E-state index contributed by atoms with van der Waals surface area (Å²) in [6.07, 6.45) is 4.90. The molecule has 0 radical (unpaired) electrons. The summed E-state index contributed by atoms with van der Waals surface area (Å²) in [6.45, 7) is 4.69. The zero-order valence-electron chi connectivity index (χ0n) is 16.6. The van der Waals surface area contributed by atoms with Crippen LogP contribution in [0.25, 0.3) is 0 Å². The Labute approximate surface area is 174 Å². The number of benzene rings is 1. The molecule has 156 valence electrons. The molecule has 0 aliphatic carbocycles. The number of rotatable bonds is 8. The number of para-hydroxylation sites is 1. The largest absolute Gasteiger partial charge is 0.492 e. The average molecular weight is 408 g/mol. The molecule has 0 unspecified atom stereocenters. The molecule has 1 aliphatic heterocycles. The van der Waals surface area contributed by atoms with Crippen LogP contribution >= 0.6 is 0 Å². The van der Waals surface area contributed by atoms with Crippen molar-refractivity contribution in [3.05, 3.63) is 66.6 Å². The van der Waals surface area contributed by atoms with Gasteiger partial charge in [-0.25, -0.2) is 15.0 Å². The minimum atomic E-state index is -0.271. The molecule has 3 heterocycles. The topological polar surface area (TPSA) is 96.6 Å². The fraction of sp³-hybridized carbons (Fsp3) is 0.333. The first-order valence-electron chi connectivity index (χ1n) is 9.93. The van der Waals surface area contributed by atoms with Crippen LogP contribution in [-0.2, 0) is 6.54 Å². The summed E-state index contributed by atoms with van der Waals surface area (Å²) in [5.41, 5.74) is 0.279. The highest BCUT2D eigenvalue weighted by Crippen LogP contribution is 2.13. The number of ether oxygens (including phenoxy) is 1. The number of hydrogen-bond donors (Lipinski definition) is 1. The molecular formula is C21H24N6O3. The third kappa shape index (κ3) is 5.32. The Morgan fingerprint density at radius 2 is 1.83 bits per heavy atom. The normalized spacial score (nSPS) is 14.5. The Morgan fingerprint density at radius 1 is 1.07 bits per heavy atom. The smallest absolute Gasteiger partial charge is 0.273 e. The first-order chi connectivity index (χ1) is 14.8. The van der Waals surface area contributed by atoms with E-state index in [9.17, 15) is 4.79 Å². The van der Waals surface area contributed by atoms with Crippen molar-refractivity contribution >= 4 is 11.9 Å². The zero-order chi connectivity index (χ0) is 20.6. The quantitative estimate of drug-likeness (QED) is 0.562. The minimum Gasteiger partial charge on any atom is -0.492 e. The van der Waals surface area contributed by atoms with Gasteiger partial charge in [-0.1, -0.05) is 18.2 Å². The highest BCUT2D eigenvalue weighted by molar-refractivity contribution is 5.91. The first kappa shape index (κ1) is 19.8. The number of piperazine rings is 1. The standard InChI is InChI=1S/C21H24N6O3/c28-20(22-9-14-29-17-5-2-1-3-6-17)18-16-30-19(25-18)15-26-10-12-27(13-11-26)21-23-7-4-8-24-21/h1-8,16H,9-15H2,(H,22,28). The van der Waals surface area contributed by atoms with Crippen LogP contribution in [0, 0.1) is 0 Å². The number of carbonyl (C=O) groups is 1. The van der Waals surface area contributed by atoms with E-state index >= 15 is 0 Å². The van der Waals surface area contributed by atoms with E-state index < -0.39 is 0 Å². The lowest BCUT2D eigenvalue weighted by Crippen LogP contribution is -2.46. The van der Waals surface area contributed by atoms with Gasteiger partial charge in [-0.2, -0.15) is 0 Å². The Balaban J connectivity index is 1.19. The van der Waals surface area contributed by atoms with Crippen LogP contribution in [0.15, 0.2) is 59.5 Å². The maximum atomic E-state index is 12.2. The van der Waals surface area contributed by atoms with Crippen molar-refractivity contribution in [1.82, 2.24) is 25.2 Å². The molecule has 1 fully saturated rings. The van der Waals surface area contributed by atoms with Gasteiger partial charge in [0.15, 0.2) is 5.69 Å².